The van der Waals surface area contributed by atoms with Gasteiger partial charge in [-0.05, 0) is 37.6 Å². The average molecular weight is 401 g/mol. The van der Waals surface area contributed by atoms with Gasteiger partial charge in [0.1, 0.15) is 0 Å². The Labute approximate surface area is 168 Å². The molecule has 0 unspecified atom stereocenters. The lowest BCUT2D eigenvalue weighted by molar-refractivity contribution is -0.119. The molecule has 0 atom stereocenters. The summed E-state index contributed by atoms with van der Waals surface area (Å²) in [6, 6.07) is 14.1. The minimum Gasteiger partial charge on any atom is -0.465 e. The quantitative estimate of drug-likeness (QED) is 0.522. The lowest BCUT2D eigenvalue weighted by atomic mass is 10.2. The van der Waals surface area contributed by atoms with Gasteiger partial charge in [0.15, 0.2) is 0 Å². The molecule has 0 aliphatic rings. The first kappa shape index (κ1) is 21.5. The average Bonchev–Trinajstić information content (AvgIpc) is 2.67. The van der Waals surface area contributed by atoms with Crippen LogP contribution in [-0.4, -0.2) is 56.2 Å². The largest absolute Gasteiger partial charge is 0.465 e. The van der Waals surface area contributed by atoms with E-state index in [0.29, 0.717) is 5.69 Å². The van der Waals surface area contributed by atoms with Gasteiger partial charge >= 0.3 is 5.97 Å². The Morgan fingerprint density at radius 3 is 2.07 bits per heavy atom. The number of hydrogen-bond donors (Lipinski definition) is 2. The Kier molecular flexibility index (Phi) is 8.03. The van der Waals surface area contributed by atoms with Gasteiger partial charge < -0.3 is 15.4 Å². The van der Waals surface area contributed by atoms with Gasteiger partial charge in [0, 0.05) is 4.90 Å². The van der Waals surface area contributed by atoms with Crippen molar-refractivity contribution in [1.29, 1.82) is 0 Å². The van der Waals surface area contributed by atoms with Gasteiger partial charge in [-0.25, -0.2) is 4.79 Å². The zero-order valence-corrected chi connectivity index (χ0v) is 16.8. The first-order chi connectivity index (χ1) is 13.4. The third-order valence-electron chi connectivity index (χ3n) is 3.81. The fourth-order valence-corrected chi connectivity index (χ4v) is 3.11. The molecule has 0 radical (unpaired) electrons. The maximum Gasteiger partial charge on any atom is 0.339 e. The van der Waals surface area contributed by atoms with Crippen molar-refractivity contribution in [3.8, 4) is 0 Å². The standard InChI is InChI=1S/C20H23N3O4S/c1-23(13-19(25)22-16-10-6-7-11-17(16)28-3)12-18(24)21-15-9-5-4-8-14(15)20(26)27-2/h4-11H,12-13H2,1-3H3,(H,21,24)(H,22,25). The zero-order valence-electron chi connectivity index (χ0n) is 16.0. The molecule has 8 heteroatoms. The summed E-state index contributed by atoms with van der Waals surface area (Å²) >= 11 is 1.54. The van der Waals surface area contributed by atoms with Crippen LogP contribution in [0.1, 0.15) is 10.4 Å². The van der Waals surface area contributed by atoms with Crippen molar-refractivity contribution in [3.05, 3.63) is 54.1 Å². The smallest absolute Gasteiger partial charge is 0.339 e. The van der Waals surface area contributed by atoms with Crippen LogP contribution in [0.25, 0.3) is 0 Å². The number of nitrogens with zero attached hydrogens (tertiary/aromatic N) is 1. The Bertz CT molecular complexity index is 857. The summed E-state index contributed by atoms with van der Waals surface area (Å²) in [7, 11) is 2.95. The molecular weight excluding hydrogens is 378 g/mol. The highest BCUT2D eigenvalue weighted by Gasteiger charge is 2.16. The van der Waals surface area contributed by atoms with E-state index in [1.165, 1.54) is 7.11 Å². The monoisotopic (exact) mass is 401 g/mol. The number of para-hydroxylation sites is 2. The highest BCUT2D eigenvalue weighted by atomic mass is 32.2. The van der Waals surface area contributed by atoms with Gasteiger partial charge in [-0.2, -0.15) is 0 Å². The molecule has 2 aromatic rings. The van der Waals surface area contributed by atoms with E-state index in [1.54, 1.807) is 48.0 Å². The molecule has 0 saturated heterocycles. The molecular formula is C20H23N3O4S. The molecule has 0 aliphatic carbocycles. The van der Waals surface area contributed by atoms with Crippen molar-refractivity contribution in [2.45, 2.75) is 4.90 Å². The molecule has 2 N–H and O–H groups in total. The van der Waals surface area contributed by atoms with E-state index in [0.717, 1.165) is 10.6 Å². The minimum absolute atomic E-state index is 0.00684. The second-order valence-corrected chi connectivity index (χ2v) is 6.85. The maximum absolute atomic E-state index is 12.3. The van der Waals surface area contributed by atoms with Gasteiger partial charge in [-0.15, -0.1) is 11.8 Å². The van der Waals surface area contributed by atoms with Crippen molar-refractivity contribution >= 4 is 40.9 Å². The van der Waals surface area contributed by atoms with Crippen molar-refractivity contribution in [2.75, 3.05) is 44.1 Å². The summed E-state index contributed by atoms with van der Waals surface area (Å²) in [5.41, 5.74) is 1.38. The molecule has 2 rings (SSSR count). The Balaban J connectivity index is 1.91. The Morgan fingerprint density at radius 1 is 0.929 bits per heavy atom. The Hall–Kier alpha value is -2.84. The van der Waals surface area contributed by atoms with E-state index in [4.69, 9.17) is 4.74 Å². The first-order valence-electron chi connectivity index (χ1n) is 8.53. The number of carbonyl (C=O) groups excluding carboxylic acids is 3. The van der Waals surface area contributed by atoms with E-state index in [1.807, 2.05) is 30.5 Å². The van der Waals surface area contributed by atoms with Crippen molar-refractivity contribution in [3.63, 3.8) is 0 Å². The minimum atomic E-state index is -0.531. The molecule has 0 spiro atoms. The number of ether oxygens (including phenoxy) is 1. The SMILES string of the molecule is COC(=O)c1ccccc1NC(=O)CN(C)CC(=O)Nc1ccccc1SC. The predicted molar refractivity (Wildman–Crippen MR) is 111 cm³/mol. The lowest BCUT2D eigenvalue weighted by Gasteiger charge is -2.17. The number of esters is 1. The normalized spacial score (nSPS) is 10.4. The van der Waals surface area contributed by atoms with Gasteiger partial charge in [-0.3, -0.25) is 14.5 Å². The van der Waals surface area contributed by atoms with Crippen LogP contribution in [-0.2, 0) is 14.3 Å². The lowest BCUT2D eigenvalue weighted by Crippen LogP contribution is -2.36. The summed E-state index contributed by atoms with van der Waals surface area (Å²) in [5.74, 6) is -1.08. The number of amides is 2. The second-order valence-electron chi connectivity index (χ2n) is 6.01. The molecule has 2 aromatic carbocycles. The van der Waals surface area contributed by atoms with Crippen LogP contribution in [0.5, 0.6) is 0 Å². The summed E-state index contributed by atoms with van der Waals surface area (Å²) in [5, 5.41) is 5.53. The number of carbonyl (C=O) groups is 3. The molecule has 0 aromatic heterocycles. The van der Waals surface area contributed by atoms with E-state index >= 15 is 0 Å². The molecule has 0 aliphatic heterocycles. The van der Waals surface area contributed by atoms with Crippen LogP contribution in [0.15, 0.2) is 53.4 Å². The van der Waals surface area contributed by atoms with Crippen molar-refractivity contribution < 1.29 is 19.1 Å². The fraction of sp³-hybridized carbons (Fsp3) is 0.250. The summed E-state index contributed by atoms with van der Waals surface area (Å²) in [6.45, 7) is 0.0435. The van der Waals surface area contributed by atoms with E-state index in [2.05, 4.69) is 10.6 Å². The molecule has 7 nitrogen and oxygen atoms in total. The van der Waals surface area contributed by atoms with Crippen LogP contribution in [0.2, 0.25) is 0 Å². The van der Waals surface area contributed by atoms with Crippen LogP contribution < -0.4 is 10.6 Å². The number of benzene rings is 2. The van der Waals surface area contributed by atoms with Crippen molar-refractivity contribution in [1.82, 2.24) is 4.90 Å². The van der Waals surface area contributed by atoms with Crippen LogP contribution >= 0.6 is 11.8 Å². The third-order valence-corrected chi connectivity index (χ3v) is 4.61. The van der Waals surface area contributed by atoms with Gasteiger partial charge in [0.25, 0.3) is 0 Å². The highest BCUT2D eigenvalue weighted by molar-refractivity contribution is 7.98. The van der Waals surface area contributed by atoms with E-state index < -0.39 is 5.97 Å². The number of hydrogen-bond acceptors (Lipinski definition) is 6. The highest BCUT2D eigenvalue weighted by Crippen LogP contribution is 2.24. The molecule has 0 heterocycles. The molecule has 0 bridgehead atoms. The number of nitrogens with one attached hydrogen (secondary N) is 2. The van der Waals surface area contributed by atoms with Gasteiger partial charge in [0.2, 0.25) is 11.8 Å². The summed E-state index contributed by atoms with van der Waals surface area (Å²) in [6.07, 6.45) is 1.94. The number of rotatable bonds is 8. The molecule has 148 valence electrons. The fourth-order valence-electron chi connectivity index (χ4n) is 2.55. The molecule has 28 heavy (non-hydrogen) atoms. The predicted octanol–water partition coefficient (Wildman–Crippen LogP) is 2.70. The van der Waals surface area contributed by atoms with Gasteiger partial charge in [-0.1, -0.05) is 24.3 Å². The van der Waals surface area contributed by atoms with Crippen LogP contribution in [0.3, 0.4) is 0 Å². The summed E-state index contributed by atoms with van der Waals surface area (Å²) < 4.78 is 4.71. The number of methoxy groups -OCH3 is 1. The van der Waals surface area contributed by atoms with E-state index in [-0.39, 0.29) is 30.5 Å². The van der Waals surface area contributed by atoms with Crippen molar-refractivity contribution in [2.24, 2.45) is 0 Å². The molecule has 0 saturated carbocycles. The van der Waals surface area contributed by atoms with Crippen LogP contribution in [0.4, 0.5) is 11.4 Å². The molecule has 0 fully saturated rings. The van der Waals surface area contributed by atoms with Gasteiger partial charge in [0.05, 0.1) is 37.1 Å². The molecule has 2 amide bonds. The zero-order chi connectivity index (χ0) is 20.5. The second kappa shape index (κ2) is 10.5. The number of thioether (sulfide) groups is 1. The first-order valence-corrected chi connectivity index (χ1v) is 9.75. The summed E-state index contributed by atoms with van der Waals surface area (Å²) in [4.78, 5) is 38.9. The Morgan fingerprint density at radius 2 is 1.46 bits per heavy atom. The number of anilines is 2. The topological polar surface area (TPSA) is 87.7 Å². The third kappa shape index (κ3) is 6.11. The van der Waals surface area contributed by atoms with E-state index in [9.17, 15) is 14.4 Å². The number of likely N-dealkylation sites (N-methyl/N-ethyl adjacent to an activating group) is 1. The van der Waals surface area contributed by atoms with Crippen LogP contribution in [0, 0.1) is 0 Å². The maximum atomic E-state index is 12.3.